The summed E-state index contributed by atoms with van der Waals surface area (Å²) < 4.78 is 0. The van der Waals surface area contributed by atoms with Gasteiger partial charge in [-0.1, -0.05) is 0 Å². The molecule has 1 aliphatic rings. The largest absolute Gasteiger partial charge is 0.481 e. The number of likely N-dealkylation sites (tertiary alicyclic amines) is 1. The van der Waals surface area contributed by atoms with E-state index in [1.165, 1.54) is 0 Å². The summed E-state index contributed by atoms with van der Waals surface area (Å²) in [7, 11) is 0. The average Bonchev–Trinajstić information content (AvgIpc) is 3.64. The second-order valence-corrected chi connectivity index (χ2v) is 13.7. The number of nitrogens with one attached hydrogen (secondary N) is 6. The Morgan fingerprint density at radius 3 is 1.79 bits per heavy atom. The molecular formula is C32H52N10O15S. The van der Waals surface area contributed by atoms with Crippen molar-refractivity contribution in [3.05, 3.63) is 0 Å². The fraction of sp³-hybridized carbons (Fsp3) is 0.656. The monoisotopic (exact) mass is 848 g/mol. The number of carbonyl (C=O) groups excluding carboxylic acids is 9. The van der Waals surface area contributed by atoms with Crippen LogP contribution in [0.1, 0.15) is 58.8 Å². The van der Waals surface area contributed by atoms with Gasteiger partial charge >= 0.3 is 11.9 Å². The Morgan fingerprint density at radius 1 is 0.724 bits per heavy atom. The van der Waals surface area contributed by atoms with E-state index in [2.05, 4.69) is 39.2 Å². The number of carboxylic acids is 2. The number of primary amides is 2. The summed E-state index contributed by atoms with van der Waals surface area (Å²) in [5, 5.41) is 50.5. The fourth-order valence-electron chi connectivity index (χ4n) is 5.40. The van der Waals surface area contributed by atoms with Gasteiger partial charge in [-0.2, -0.15) is 12.6 Å². The van der Waals surface area contributed by atoms with E-state index in [9.17, 15) is 63.0 Å². The van der Waals surface area contributed by atoms with E-state index in [0.717, 1.165) is 18.7 Å². The number of aliphatic carboxylic acids is 2. The molecule has 0 bridgehead atoms. The number of carboxylic acid groups (broad SMARTS) is 2. The van der Waals surface area contributed by atoms with Crippen LogP contribution in [0.5, 0.6) is 0 Å². The lowest BCUT2D eigenvalue weighted by Crippen LogP contribution is -2.61. The zero-order valence-electron chi connectivity index (χ0n) is 31.7. The SMILES string of the molecule is C[C@H](NC(=O)[C@H](CO)NC(=O)[C@H](CS)NC(=O)[C@H](CC(N)=O)NC(=O)[C@H](CCC(N)=O)NC(=O)[C@@H]1CCCN1C(=O)[C@@H](N)CCC(=O)O)C(=O)N[C@H](C(=O)O)[C@@H](C)O. The van der Waals surface area contributed by atoms with Crippen molar-refractivity contribution >= 4 is 77.7 Å². The second kappa shape index (κ2) is 24.2. The summed E-state index contributed by atoms with van der Waals surface area (Å²) in [5.74, 6) is -12.3. The van der Waals surface area contributed by atoms with Crippen LogP contribution in [0.15, 0.2) is 0 Å². The lowest BCUT2D eigenvalue weighted by atomic mass is 10.1. The van der Waals surface area contributed by atoms with Crippen LogP contribution >= 0.6 is 12.6 Å². The third kappa shape index (κ3) is 16.5. The highest BCUT2D eigenvalue weighted by Crippen LogP contribution is 2.20. The van der Waals surface area contributed by atoms with Crippen LogP contribution < -0.4 is 49.1 Å². The zero-order valence-corrected chi connectivity index (χ0v) is 32.6. The van der Waals surface area contributed by atoms with Gasteiger partial charge in [-0.25, -0.2) is 4.79 Å². The zero-order chi connectivity index (χ0) is 44.4. The van der Waals surface area contributed by atoms with Gasteiger partial charge in [0.2, 0.25) is 53.2 Å². The quantitative estimate of drug-likeness (QED) is 0.0380. The van der Waals surface area contributed by atoms with Gasteiger partial charge in [0.15, 0.2) is 6.04 Å². The first-order chi connectivity index (χ1) is 27.0. The Bertz CT molecular complexity index is 1570. The molecule has 9 atom stereocenters. The maximum Gasteiger partial charge on any atom is 0.328 e. The Hall–Kier alpha value is -5.60. The molecule has 9 amide bonds. The van der Waals surface area contributed by atoms with Gasteiger partial charge in [-0.05, 0) is 39.5 Å². The number of aliphatic hydroxyl groups excluding tert-OH is 2. The molecule has 58 heavy (non-hydrogen) atoms. The van der Waals surface area contributed by atoms with Crippen LogP contribution in [0.25, 0.3) is 0 Å². The predicted molar refractivity (Wildman–Crippen MR) is 199 cm³/mol. The van der Waals surface area contributed by atoms with E-state index >= 15 is 0 Å². The Labute approximate surface area is 336 Å². The smallest absolute Gasteiger partial charge is 0.328 e. The molecule has 0 spiro atoms. The number of hydrogen-bond acceptors (Lipinski definition) is 15. The van der Waals surface area contributed by atoms with Crippen LogP contribution in [0.3, 0.4) is 0 Å². The molecule has 0 saturated carbocycles. The Morgan fingerprint density at radius 2 is 1.28 bits per heavy atom. The highest BCUT2D eigenvalue weighted by atomic mass is 32.1. The van der Waals surface area contributed by atoms with Gasteiger partial charge in [0, 0.05) is 25.1 Å². The number of nitrogens with two attached hydrogens (primary N) is 3. The summed E-state index contributed by atoms with van der Waals surface area (Å²) in [6.45, 7) is 1.31. The van der Waals surface area contributed by atoms with Gasteiger partial charge in [-0.3, -0.25) is 47.9 Å². The lowest BCUT2D eigenvalue weighted by molar-refractivity contribution is -0.145. The number of amides is 9. The number of thiol groups is 1. The average molecular weight is 849 g/mol. The summed E-state index contributed by atoms with van der Waals surface area (Å²) in [4.78, 5) is 138. The topological polar surface area (TPSA) is 422 Å². The van der Waals surface area contributed by atoms with E-state index in [1.54, 1.807) is 0 Å². The van der Waals surface area contributed by atoms with Gasteiger partial charge in [0.25, 0.3) is 0 Å². The Kier molecular flexibility index (Phi) is 21.1. The van der Waals surface area contributed by atoms with E-state index in [4.69, 9.17) is 27.4 Å². The van der Waals surface area contributed by atoms with Crippen molar-refractivity contribution in [1.29, 1.82) is 0 Å². The van der Waals surface area contributed by atoms with Crippen molar-refractivity contribution < 1.29 is 73.2 Å². The molecule has 326 valence electrons. The van der Waals surface area contributed by atoms with E-state index < -0.39 is 158 Å². The molecule has 0 unspecified atom stereocenters. The van der Waals surface area contributed by atoms with Crippen LogP contribution in [-0.2, 0) is 52.7 Å². The van der Waals surface area contributed by atoms with Crippen molar-refractivity contribution in [2.45, 2.75) is 113 Å². The second-order valence-electron chi connectivity index (χ2n) is 13.3. The third-order valence-corrected chi connectivity index (χ3v) is 8.97. The number of hydrogen-bond donors (Lipinski definition) is 14. The number of carbonyl (C=O) groups is 11. The van der Waals surface area contributed by atoms with Crippen molar-refractivity contribution in [2.75, 3.05) is 18.9 Å². The maximum atomic E-state index is 13.5. The molecule has 1 rings (SSSR count). The summed E-state index contributed by atoms with van der Waals surface area (Å²) in [6, 6.07) is -12.3. The van der Waals surface area contributed by atoms with E-state index in [0.29, 0.717) is 6.42 Å². The van der Waals surface area contributed by atoms with Gasteiger partial charge in [-0.15, -0.1) is 0 Å². The molecule has 16 N–H and O–H groups in total. The van der Waals surface area contributed by atoms with Crippen LogP contribution in [-0.4, -0.2) is 164 Å². The fourth-order valence-corrected chi connectivity index (χ4v) is 5.66. The van der Waals surface area contributed by atoms with Crippen molar-refractivity contribution in [1.82, 2.24) is 36.8 Å². The molecule has 0 aromatic rings. The van der Waals surface area contributed by atoms with Crippen LogP contribution in [0.4, 0.5) is 0 Å². The molecular weight excluding hydrogens is 796 g/mol. The number of aliphatic hydroxyl groups is 2. The molecule has 1 saturated heterocycles. The minimum Gasteiger partial charge on any atom is -0.481 e. The summed E-state index contributed by atoms with van der Waals surface area (Å²) in [5.41, 5.74) is 16.4. The van der Waals surface area contributed by atoms with E-state index in [-0.39, 0.29) is 19.4 Å². The molecule has 1 heterocycles. The standard InChI is InChI=1S/C32H52N10O15S/c1-13(25(49)41-24(14(2)44)32(56)57)36-28(52)18(11-43)39-29(53)19(12-58)40-27(51)17(10-22(35)46)38-26(50)16(6-7-21(34)45)37-30(54)20-4-3-9-42(20)31(55)15(33)5-8-23(47)48/h13-20,24,43-44,58H,3-12,33H2,1-2H3,(H2,34,45)(H2,35,46)(H,36,52)(H,37,54)(H,38,50)(H,39,53)(H,40,51)(H,41,49)(H,47,48)(H,56,57)/t13-,14+,15-,16-,17-,18-,19-,20-,24-/m0/s1. The minimum atomic E-state index is -1.81. The molecule has 0 aromatic carbocycles. The van der Waals surface area contributed by atoms with Crippen LogP contribution in [0.2, 0.25) is 0 Å². The van der Waals surface area contributed by atoms with Gasteiger partial charge in [0.1, 0.15) is 36.3 Å². The molecule has 25 nitrogen and oxygen atoms in total. The first-order valence-corrected chi connectivity index (χ1v) is 18.5. The lowest BCUT2D eigenvalue weighted by Gasteiger charge is -2.29. The van der Waals surface area contributed by atoms with Crippen molar-refractivity contribution in [3.8, 4) is 0 Å². The normalized spacial score (nSPS) is 17.7. The minimum absolute atomic E-state index is 0.0936. The molecule has 0 aromatic heterocycles. The van der Waals surface area contributed by atoms with Gasteiger partial charge in [0.05, 0.1) is 25.2 Å². The first kappa shape index (κ1) is 50.4. The van der Waals surface area contributed by atoms with Gasteiger partial charge < -0.3 is 74.4 Å². The molecule has 0 aliphatic carbocycles. The van der Waals surface area contributed by atoms with Crippen molar-refractivity contribution in [2.24, 2.45) is 17.2 Å². The first-order valence-electron chi connectivity index (χ1n) is 17.8. The molecule has 26 heteroatoms. The van der Waals surface area contributed by atoms with E-state index in [1.807, 2.05) is 5.32 Å². The molecule has 0 radical (unpaired) electrons. The number of rotatable bonds is 25. The maximum absolute atomic E-state index is 13.5. The van der Waals surface area contributed by atoms with Crippen LogP contribution in [0, 0.1) is 0 Å². The molecule has 1 aliphatic heterocycles. The number of nitrogens with zero attached hydrogens (tertiary/aromatic N) is 1. The highest BCUT2D eigenvalue weighted by molar-refractivity contribution is 7.80. The highest BCUT2D eigenvalue weighted by Gasteiger charge is 2.39. The Balaban J connectivity index is 3.10. The third-order valence-electron chi connectivity index (χ3n) is 8.60. The molecule has 1 fully saturated rings. The van der Waals surface area contributed by atoms with Crippen molar-refractivity contribution in [3.63, 3.8) is 0 Å². The summed E-state index contributed by atoms with van der Waals surface area (Å²) in [6.07, 6.45) is -3.34. The summed E-state index contributed by atoms with van der Waals surface area (Å²) >= 11 is 4.01. The predicted octanol–water partition coefficient (Wildman–Crippen LogP) is -7.37.